The molecule has 126 valence electrons. The minimum Gasteiger partial charge on any atom is -0.494 e. The Labute approximate surface area is 141 Å². The summed E-state index contributed by atoms with van der Waals surface area (Å²) in [7, 11) is 3.11. The van der Waals surface area contributed by atoms with E-state index in [1.165, 1.54) is 6.21 Å². The van der Waals surface area contributed by atoms with Gasteiger partial charge in [-0.25, -0.2) is 5.43 Å². The highest BCUT2D eigenvalue weighted by atomic mass is 16.5. The van der Waals surface area contributed by atoms with Gasteiger partial charge in [0, 0.05) is 11.1 Å². The van der Waals surface area contributed by atoms with Crippen LogP contribution >= 0.6 is 0 Å². The van der Waals surface area contributed by atoms with E-state index in [1.54, 1.807) is 44.6 Å². The fourth-order valence-corrected chi connectivity index (χ4v) is 2.11. The first kappa shape index (κ1) is 17.3. The minimum atomic E-state index is -0.309. The van der Waals surface area contributed by atoms with Crippen LogP contribution in [0.4, 0.5) is 0 Å². The molecule has 0 saturated carbocycles. The van der Waals surface area contributed by atoms with Gasteiger partial charge in [-0.2, -0.15) is 5.10 Å². The lowest BCUT2D eigenvalue weighted by Crippen LogP contribution is -2.17. The van der Waals surface area contributed by atoms with Crippen molar-refractivity contribution in [1.82, 2.24) is 5.43 Å². The van der Waals surface area contributed by atoms with E-state index in [0.717, 1.165) is 5.75 Å². The van der Waals surface area contributed by atoms with Crippen molar-refractivity contribution in [2.45, 2.75) is 6.92 Å². The topological polar surface area (TPSA) is 69.2 Å². The molecule has 0 aliphatic heterocycles. The van der Waals surface area contributed by atoms with Crippen LogP contribution in [0.3, 0.4) is 0 Å². The van der Waals surface area contributed by atoms with Gasteiger partial charge < -0.3 is 14.2 Å². The molecule has 0 unspecified atom stereocenters. The molecule has 0 heterocycles. The lowest BCUT2D eigenvalue weighted by molar-refractivity contribution is 0.0955. The number of methoxy groups -OCH3 is 2. The normalized spacial score (nSPS) is 10.5. The van der Waals surface area contributed by atoms with E-state index >= 15 is 0 Å². The van der Waals surface area contributed by atoms with E-state index < -0.39 is 0 Å². The number of carbonyl (C=O) groups is 1. The molecule has 1 amide bonds. The molecule has 2 aromatic rings. The minimum absolute atomic E-state index is 0.309. The van der Waals surface area contributed by atoms with Gasteiger partial charge in [-0.15, -0.1) is 0 Å². The van der Waals surface area contributed by atoms with Gasteiger partial charge in [-0.1, -0.05) is 6.07 Å². The molecular weight excluding hydrogens is 308 g/mol. The third-order valence-electron chi connectivity index (χ3n) is 3.23. The highest BCUT2D eigenvalue weighted by Gasteiger charge is 2.08. The molecule has 2 aromatic carbocycles. The van der Waals surface area contributed by atoms with Crippen molar-refractivity contribution in [3.05, 3.63) is 53.6 Å². The van der Waals surface area contributed by atoms with Crippen LogP contribution in [-0.4, -0.2) is 32.9 Å². The van der Waals surface area contributed by atoms with Crippen LogP contribution in [0.2, 0.25) is 0 Å². The lowest BCUT2D eigenvalue weighted by atomic mass is 10.2. The Morgan fingerprint density at radius 3 is 2.50 bits per heavy atom. The second kappa shape index (κ2) is 8.57. The molecule has 6 nitrogen and oxygen atoms in total. The molecule has 0 bridgehead atoms. The largest absolute Gasteiger partial charge is 0.494 e. The standard InChI is InChI=1S/C18H20N2O4/c1-4-24-15-10-8-13(9-11-15)18(21)20-19-12-14-6-5-7-16(22-2)17(14)23-3/h5-12H,4H2,1-3H3,(H,20,21). The number of rotatable bonds is 7. The quantitative estimate of drug-likeness (QED) is 0.627. The number of amides is 1. The van der Waals surface area contributed by atoms with E-state index in [4.69, 9.17) is 14.2 Å². The molecule has 0 aliphatic rings. The molecule has 6 heteroatoms. The first-order chi connectivity index (χ1) is 11.7. The molecule has 0 saturated heterocycles. The van der Waals surface area contributed by atoms with Gasteiger partial charge in [0.05, 0.1) is 27.0 Å². The Kier molecular flexibility index (Phi) is 6.19. The number of hydrogen-bond acceptors (Lipinski definition) is 5. The van der Waals surface area contributed by atoms with Crippen molar-refractivity contribution < 1.29 is 19.0 Å². The van der Waals surface area contributed by atoms with E-state index in [-0.39, 0.29) is 5.91 Å². The van der Waals surface area contributed by atoms with Crippen LogP contribution in [0.5, 0.6) is 17.2 Å². The monoisotopic (exact) mass is 328 g/mol. The molecule has 0 atom stereocenters. The summed E-state index contributed by atoms with van der Waals surface area (Å²) in [5, 5.41) is 3.97. The van der Waals surface area contributed by atoms with Gasteiger partial charge in [0.25, 0.3) is 5.91 Å². The third kappa shape index (κ3) is 4.25. The maximum absolute atomic E-state index is 12.1. The number of hydrogen-bond donors (Lipinski definition) is 1. The number of para-hydroxylation sites is 1. The first-order valence-electron chi connectivity index (χ1n) is 7.46. The molecule has 0 aromatic heterocycles. The van der Waals surface area contributed by atoms with Gasteiger partial charge in [-0.3, -0.25) is 4.79 Å². The lowest BCUT2D eigenvalue weighted by Gasteiger charge is -2.09. The number of benzene rings is 2. The van der Waals surface area contributed by atoms with Crippen LogP contribution in [0.15, 0.2) is 47.6 Å². The summed E-state index contributed by atoms with van der Waals surface area (Å²) in [6, 6.07) is 12.3. The van der Waals surface area contributed by atoms with Crippen molar-refractivity contribution in [2.75, 3.05) is 20.8 Å². The maximum Gasteiger partial charge on any atom is 0.271 e. The molecule has 0 aliphatic carbocycles. The Bertz CT molecular complexity index is 711. The predicted octanol–water partition coefficient (Wildman–Crippen LogP) is 2.87. The highest BCUT2D eigenvalue weighted by molar-refractivity contribution is 5.95. The van der Waals surface area contributed by atoms with Crippen molar-refractivity contribution in [3.8, 4) is 17.2 Å². The fourth-order valence-electron chi connectivity index (χ4n) is 2.11. The highest BCUT2D eigenvalue weighted by Crippen LogP contribution is 2.29. The van der Waals surface area contributed by atoms with Gasteiger partial charge in [0.2, 0.25) is 0 Å². The molecule has 0 spiro atoms. The summed E-state index contributed by atoms with van der Waals surface area (Å²) >= 11 is 0. The second-order valence-corrected chi connectivity index (χ2v) is 4.74. The predicted molar refractivity (Wildman–Crippen MR) is 92.2 cm³/mol. The van der Waals surface area contributed by atoms with E-state index in [2.05, 4.69) is 10.5 Å². The van der Waals surface area contributed by atoms with E-state index in [1.807, 2.05) is 19.1 Å². The van der Waals surface area contributed by atoms with Crippen LogP contribution < -0.4 is 19.6 Å². The Balaban J connectivity index is 2.04. The average molecular weight is 328 g/mol. The number of nitrogens with one attached hydrogen (secondary N) is 1. The van der Waals surface area contributed by atoms with Crippen LogP contribution in [0, 0.1) is 0 Å². The molecular formula is C18H20N2O4. The fraction of sp³-hybridized carbons (Fsp3) is 0.222. The van der Waals surface area contributed by atoms with Crippen LogP contribution in [0.25, 0.3) is 0 Å². The zero-order valence-electron chi connectivity index (χ0n) is 13.9. The second-order valence-electron chi connectivity index (χ2n) is 4.74. The van der Waals surface area contributed by atoms with E-state index in [9.17, 15) is 4.79 Å². The van der Waals surface area contributed by atoms with Gasteiger partial charge in [0.1, 0.15) is 5.75 Å². The summed E-state index contributed by atoms with van der Waals surface area (Å²) in [5.74, 6) is 1.56. The SMILES string of the molecule is CCOc1ccc(C(=O)NN=Cc2cccc(OC)c2OC)cc1. The summed E-state index contributed by atoms with van der Waals surface area (Å²) in [5.41, 5.74) is 3.67. The van der Waals surface area contributed by atoms with Crippen LogP contribution in [-0.2, 0) is 0 Å². The number of hydrazone groups is 1. The Hall–Kier alpha value is -3.02. The van der Waals surface area contributed by atoms with Crippen molar-refractivity contribution in [3.63, 3.8) is 0 Å². The zero-order chi connectivity index (χ0) is 17.4. The molecule has 24 heavy (non-hydrogen) atoms. The van der Waals surface area contributed by atoms with Crippen LogP contribution in [0.1, 0.15) is 22.8 Å². The summed E-state index contributed by atoms with van der Waals surface area (Å²) in [4.78, 5) is 12.1. The number of ether oxygens (including phenoxy) is 3. The molecule has 0 fully saturated rings. The smallest absolute Gasteiger partial charge is 0.271 e. The third-order valence-corrected chi connectivity index (χ3v) is 3.23. The Morgan fingerprint density at radius 1 is 1.12 bits per heavy atom. The van der Waals surface area contributed by atoms with E-state index in [0.29, 0.717) is 29.2 Å². The van der Waals surface area contributed by atoms with Crippen molar-refractivity contribution >= 4 is 12.1 Å². The number of carbonyl (C=O) groups excluding carboxylic acids is 1. The van der Waals surface area contributed by atoms with Gasteiger partial charge >= 0.3 is 0 Å². The zero-order valence-corrected chi connectivity index (χ0v) is 13.9. The summed E-state index contributed by atoms with van der Waals surface area (Å²) < 4.78 is 15.9. The first-order valence-corrected chi connectivity index (χ1v) is 7.46. The molecule has 0 radical (unpaired) electrons. The summed E-state index contributed by atoms with van der Waals surface area (Å²) in [6.07, 6.45) is 1.51. The Morgan fingerprint density at radius 2 is 1.88 bits per heavy atom. The van der Waals surface area contributed by atoms with Gasteiger partial charge in [0.15, 0.2) is 11.5 Å². The van der Waals surface area contributed by atoms with Crippen molar-refractivity contribution in [1.29, 1.82) is 0 Å². The summed E-state index contributed by atoms with van der Waals surface area (Å²) in [6.45, 7) is 2.49. The maximum atomic E-state index is 12.1. The van der Waals surface area contributed by atoms with Crippen molar-refractivity contribution in [2.24, 2.45) is 5.10 Å². The average Bonchev–Trinajstić information content (AvgIpc) is 2.62. The van der Waals surface area contributed by atoms with Gasteiger partial charge in [-0.05, 0) is 43.3 Å². The molecule has 1 N–H and O–H groups in total. The molecule has 2 rings (SSSR count). The number of nitrogens with zero attached hydrogens (tertiary/aromatic N) is 1.